The maximum Gasteiger partial charge on any atom is 0.416 e. The van der Waals surface area contributed by atoms with Crippen LogP contribution < -0.4 is 10.6 Å². The molecule has 9 heteroatoms. The highest BCUT2D eigenvalue weighted by Gasteiger charge is 2.30. The first-order valence-corrected chi connectivity index (χ1v) is 9.93. The van der Waals surface area contributed by atoms with Crippen LogP contribution in [0.15, 0.2) is 59.4 Å². The zero-order valence-electron chi connectivity index (χ0n) is 15.9. The molecule has 0 saturated carbocycles. The van der Waals surface area contributed by atoms with Gasteiger partial charge in [0.1, 0.15) is 5.69 Å². The summed E-state index contributed by atoms with van der Waals surface area (Å²) in [5, 5.41) is 7.09. The van der Waals surface area contributed by atoms with Gasteiger partial charge in [0.2, 0.25) is 5.91 Å². The fraction of sp³-hybridized carbons (Fsp3) is 0.190. The lowest BCUT2D eigenvalue weighted by molar-refractivity contribution is -0.137. The minimum Gasteiger partial charge on any atom is -0.326 e. The van der Waals surface area contributed by atoms with E-state index in [0.29, 0.717) is 22.6 Å². The number of aromatic nitrogens is 1. The first kappa shape index (κ1) is 21.5. The van der Waals surface area contributed by atoms with Crippen LogP contribution in [-0.4, -0.2) is 16.8 Å². The fourth-order valence-corrected chi connectivity index (χ4v) is 3.30. The molecule has 0 saturated heterocycles. The van der Waals surface area contributed by atoms with Crippen molar-refractivity contribution in [3.8, 4) is 0 Å². The Kier molecular flexibility index (Phi) is 6.51. The van der Waals surface area contributed by atoms with Gasteiger partial charge in [-0.3, -0.25) is 9.59 Å². The predicted molar refractivity (Wildman–Crippen MR) is 110 cm³/mol. The van der Waals surface area contributed by atoms with Gasteiger partial charge in [-0.05, 0) is 47.9 Å². The maximum atomic E-state index is 12.7. The summed E-state index contributed by atoms with van der Waals surface area (Å²) < 4.78 is 38.0. The molecule has 1 aromatic heterocycles. The van der Waals surface area contributed by atoms with Gasteiger partial charge >= 0.3 is 6.18 Å². The van der Waals surface area contributed by atoms with Crippen molar-refractivity contribution in [2.45, 2.75) is 25.4 Å². The van der Waals surface area contributed by atoms with Crippen LogP contribution in [-0.2, 0) is 11.0 Å². The second kappa shape index (κ2) is 9.08. The lowest BCUT2D eigenvalue weighted by Crippen LogP contribution is -2.15. The number of carbonyl (C=O) groups excluding carboxylic acids is 2. The molecule has 0 aliphatic carbocycles. The molecule has 0 unspecified atom stereocenters. The third-order valence-corrected chi connectivity index (χ3v) is 4.98. The Hall–Kier alpha value is -3.20. The highest BCUT2D eigenvalue weighted by Crippen LogP contribution is 2.30. The van der Waals surface area contributed by atoms with Crippen molar-refractivity contribution in [1.82, 2.24) is 4.98 Å². The van der Waals surface area contributed by atoms with Crippen LogP contribution >= 0.6 is 11.3 Å². The molecule has 0 fully saturated rings. The van der Waals surface area contributed by atoms with Gasteiger partial charge in [-0.15, -0.1) is 11.3 Å². The molecule has 30 heavy (non-hydrogen) atoms. The SMILES string of the molecule is C[C@@H](CC(=O)Nc1ccc(NC(=O)c2cscn2)cc1)c1ccc(C(F)(F)F)cc1. The summed E-state index contributed by atoms with van der Waals surface area (Å²) in [6.07, 6.45) is -4.27. The molecule has 0 spiro atoms. The minimum atomic E-state index is -4.38. The topological polar surface area (TPSA) is 71.1 Å². The Morgan fingerprint density at radius 2 is 1.60 bits per heavy atom. The van der Waals surface area contributed by atoms with E-state index < -0.39 is 11.7 Å². The summed E-state index contributed by atoms with van der Waals surface area (Å²) in [5.41, 5.74) is 2.94. The molecule has 0 radical (unpaired) electrons. The van der Waals surface area contributed by atoms with Crippen molar-refractivity contribution in [1.29, 1.82) is 0 Å². The number of benzene rings is 2. The highest BCUT2D eigenvalue weighted by molar-refractivity contribution is 7.07. The van der Waals surface area contributed by atoms with Crippen molar-refractivity contribution in [2.75, 3.05) is 10.6 Å². The van der Waals surface area contributed by atoms with Crippen LogP contribution in [0.3, 0.4) is 0 Å². The Morgan fingerprint density at radius 3 is 2.13 bits per heavy atom. The third-order valence-electron chi connectivity index (χ3n) is 4.39. The van der Waals surface area contributed by atoms with Gasteiger partial charge in [-0.25, -0.2) is 4.98 Å². The number of halogens is 3. The van der Waals surface area contributed by atoms with E-state index in [2.05, 4.69) is 15.6 Å². The van der Waals surface area contributed by atoms with E-state index in [1.165, 1.54) is 23.5 Å². The first-order chi connectivity index (χ1) is 14.2. The van der Waals surface area contributed by atoms with Crippen LogP contribution in [0.1, 0.15) is 40.9 Å². The summed E-state index contributed by atoms with van der Waals surface area (Å²) in [6.45, 7) is 1.78. The van der Waals surface area contributed by atoms with E-state index >= 15 is 0 Å². The number of hydrogen-bond donors (Lipinski definition) is 2. The van der Waals surface area contributed by atoms with E-state index in [1.807, 2.05) is 0 Å². The number of thiazole rings is 1. The van der Waals surface area contributed by atoms with Gasteiger partial charge in [-0.1, -0.05) is 19.1 Å². The molecule has 3 aromatic rings. The molecule has 2 amide bonds. The minimum absolute atomic E-state index is 0.119. The molecule has 0 bridgehead atoms. The van der Waals surface area contributed by atoms with Gasteiger partial charge in [0.15, 0.2) is 0 Å². The molecular formula is C21H18F3N3O2S. The van der Waals surface area contributed by atoms with Gasteiger partial charge < -0.3 is 10.6 Å². The van der Waals surface area contributed by atoms with E-state index in [4.69, 9.17) is 0 Å². The lowest BCUT2D eigenvalue weighted by atomic mass is 9.96. The van der Waals surface area contributed by atoms with Gasteiger partial charge in [0.25, 0.3) is 5.91 Å². The van der Waals surface area contributed by atoms with Crippen molar-refractivity contribution >= 4 is 34.5 Å². The predicted octanol–water partition coefficient (Wildman–Crippen LogP) is 5.55. The molecule has 0 aliphatic heterocycles. The van der Waals surface area contributed by atoms with Crippen molar-refractivity contribution < 1.29 is 22.8 Å². The number of rotatable bonds is 6. The van der Waals surface area contributed by atoms with Crippen molar-refractivity contribution in [3.63, 3.8) is 0 Å². The van der Waals surface area contributed by atoms with E-state index in [1.54, 1.807) is 42.1 Å². The molecule has 2 N–H and O–H groups in total. The van der Waals surface area contributed by atoms with Crippen LogP contribution in [0.25, 0.3) is 0 Å². The summed E-state index contributed by atoms with van der Waals surface area (Å²) in [5.74, 6) is -0.830. The van der Waals surface area contributed by atoms with Crippen molar-refractivity contribution in [2.24, 2.45) is 0 Å². The number of nitrogens with zero attached hydrogens (tertiary/aromatic N) is 1. The Balaban J connectivity index is 1.53. The van der Waals surface area contributed by atoms with Crippen LogP contribution in [0.5, 0.6) is 0 Å². The van der Waals surface area contributed by atoms with Gasteiger partial charge in [-0.2, -0.15) is 13.2 Å². The number of anilines is 2. The standard InChI is InChI=1S/C21H18F3N3O2S/c1-13(14-2-4-15(5-3-14)21(22,23)24)10-19(28)26-16-6-8-17(9-7-16)27-20(29)18-11-30-12-25-18/h2-9,11-13H,10H2,1H3,(H,26,28)(H,27,29)/t13-/m0/s1. The first-order valence-electron chi connectivity index (χ1n) is 8.99. The maximum absolute atomic E-state index is 12.7. The third kappa shape index (κ3) is 5.66. The fourth-order valence-electron chi connectivity index (χ4n) is 2.77. The molecular weight excluding hydrogens is 415 g/mol. The summed E-state index contributed by atoms with van der Waals surface area (Å²) in [7, 11) is 0. The Bertz CT molecular complexity index is 1000. The molecule has 156 valence electrons. The second-order valence-corrected chi connectivity index (χ2v) is 7.40. The number of alkyl halides is 3. The number of nitrogens with one attached hydrogen (secondary N) is 2. The second-order valence-electron chi connectivity index (χ2n) is 6.68. The summed E-state index contributed by atoms with van der Waals surface area (Å²) >= 11 is 1.32. The summed E-state index contributed by atoms with van der Waals surface area (Å²) in [6, 6.07) is 11.4. The van der Waals surface area contributed by atoms with E-state index in [0.717, 1.165) is 12.1 Å². The Labute approximate surface area is 175 Å². The lowest BCUT2D eigenvalue weighted by Gasteiger charge is -2.14. The van der Waals surface area contributed by atoms with Crippen molar-refractivity contribution in [3.05, 3.63) is 76.2 Å². The molecule has 0 aliphatic rings. The number of hydrogen-bond acceptors (Lipinski definition) is 4. The summed E-state index contributed by atoms with van der Waals surface area (Å²) in [4.78, 5) is 28.2. The average Bonchev–Trinajstić information content (AvgIpc) is 3.24. The largest absolute Gasteiger partial charge is 0.416 e. The van der Waals surface area contributed by atoms with Gasteiger partial charge in [0, 0.05) is 23.2 Å². The molecule has 1 heterocycles. The average molecular weight is 433 g/mol. The Morgan fingerprint density at radius 1 is 1.00 bits per heavy atom. The van der Waals surface area contributed by atoms with E-state index in [9.17, 15) is 22.8 Å². The van der Waals surface area contributed by atoms with Crippen LogP contribution in [0.2, 0.25) is 0 Å². The van der Waals surface area contributed by atoms with Crippen LogP contribution in [0.4, 0.5) is 24.5 Å². The monoisotopic (exact) mass is 433 g/mol. The zero-order valence-corrected chi connectivity index (χ0v) is 16.7. The number of amides is 2. The quantitative estimate of drug-likeness (QED) is 0.536. The zero-order chi connectivity index (χ0) is 21.7. The normalized spacial score (nSPS) is 12.3. The van der Waals surface area contributed by atoms with E-state index in [-0.39, 0.29) is 24.2 Å². The molecule has 2 aromatic carbocycles. The molecule has 5 nitrogen and oxygen atoms in total. The van der Waals surface area contributed by atoms with Gasteiger partial charge in [0.05, 0.1) is 11.1 Å². The number of carbonyl (C=O) groups is 2. The molecule has 1 atom stereocenters. The molecule has 3 rings (SSSR count). The van der Waals surface area contributed by atoms with Crippen LogP contribution in [0, 0.1) is 0 Å². The highest BCUT2D eigenvalue weighted by atomic mass is 32.1. The smallest absolute Gasteiger partial charge is 0.326 e.